The molecule has 7 heteroatoms. The molecule has 1 aliphatic heterocycles. The lowest BCUT2D eigenvalue weighted by Gasteiger charge is -2.03. The maximum Gasteiger partial charge on any atom is 0.245 e. The molecule has 23 heavy (non-hydrogen) atoms. The molecule has 4 rings (SSSR count). The number of fused-ring (bicyclic) bond motifs is 1. The summed E-state index contributed by atoms with van der Waals surface area (Å²) in [6, 6.07) is 9.71. The first kappa shape index (κ1) is 14.3. The summed E-state index contributed by atoms with van der Waals surface area (Å²) >= 11 is 0. The van der Waals surface area contributed by atoms with E-state index in [0.717, 1.165) is 16.5 Å². The molecule has 0 bridgehead atoms. The van der Waals surface area contributed by atoms with Crippen molar-refractivity contribution in [2.24, 2.45) is 0 Å². The molecule has 0 radical (unpaired) electrons. The van der Waals surface area contributed by atoms with Gasteiger partial charge in [-0.3, -0.25) is 0 Å². The predicted molar refractivity (Wildman–Crippen MR) is 85.5 cm³/mol. The molecule has 1 atom stereocenters. The van der Waals surface area contributed by atoms with Crippen LogP contribution in [0, 0.1) is 6.92 Å². The van der Waals surface area contributed by atoms with Gasteiger partial charge in [0, 0.05) is 5.39 Å². The van der Waals surface area contributed by atoms with E-state index in [0.29, 0.717) is 24.4 Å². The molecule has 2 aromatic heterocycles. The fraction of sp³-hybridized carbons (Fsp3) is 0.312. The Morgan fingerprint density at radius 2 is 2.04 bits per heavy atom. The van der Waals surface area contributed by atoms with Crippen LogP contribution in [-0.2, 0) is 9.84 Å². The van der Waals surface area contributed by atoms with Crippen LogP contribution in [0.1, 0.15) is 29.5 Å². The number of rotatable bonds is 2. The average Bonchev–Trinajstić information content (AvgIpc) is 3.13. The van der Waals surface area contributed by atoms with Crippen molar-refractivity contribution in [2.45, 2.75) is 25.0 Å². The minimum Gasteiger partial charge on any atom is -0.337 e. The number of nitrogens with zero attached hydrogens (tertiary/aromatic N) is 3. The Bertz CT molecular complexity index is 995. The summed E-state index contributed by atoms with van der Waals surface area (Å²) in [5.74, 6) is 0.684. The quantitative estimate of drug-likeness (QED) is 0.718. The van der Waals surface area contributed by atoms with Crippen molar-refractivity contribution in [3.05, 3.63) is 41.8 Å². The summed E-state index contributed by atoms with van der Waals surface area (Å²) in [6.45, 7) is 2.00. The largest absolute Gasteiger partial charge is 0.337 e. The van der Waals surface area contributed by atoms with Crippen LogP contribution in [0.5, 0.6) is 0 Å². The van der Waals surface area contributed by atoms with Gasteiger partial charge in [-0.05, 0) is 37.5 Å². The number of aromatic nitrogens is 3. The van der Waals surface area contributed by atoms with Crippen molar-refractivity contribution in [3.8, 4) is 11.5 Å². The molecule has 3 heterocycles. The van der Waals surface area contributed by atoms with E-state index < -0.39 is 15.1 Å². The molecule has 1 aliphatic rings. The summed E-state index contributed by atoms with van der Waals surface area (Å²) in [6.07, 6.45) is 1.17. The van der Waals surface area contributed by atoms with Crippen LogP contribution in [0.2, 0.25) is 0 Å². The van der Waals surface area contributed by atoms with Gasteiger partial charge in [-0.15, -0.1) is 0 Å². The molecule has 0 N–H and O–H groups in total. The third kappa shape index (κ3) is 2.41. The summed E-state index contributed by atoms with van der Waals surface area (Å²) < 4.78 is 29.2. The monoisotopic (exact) mass is 329 g/mol. The van der Waals surface area contributed by atoms with E-state index in [4.69, 9.17) is 4.52 Å². The van der Waals surface area contributed by atoms with Crippen molar-refractivity contribution in [1.82, 2.24) is 15.1 Å². The lowest BCUT2D eigenvalue weighted by atomic mass is 10.1. The number of aryl methyl sites for hydroxylation is 1. The Labute approximate surface area is 133 Å². The van der Waals surface area contributed by atoms with Crippen LogP contribution in [0.25, 0.3) is 22.4 Å². The highest BCUT2D eigenvalue weighted by Crippen LogP contribution is 2.34. The molecular weight excluding hydrogens is 314 g/mol. The molecule has 1 aromatic carbocycles. The van der Waals surface area contributed by atoms with E-state index in [9.17, 15) is 8.42 Å². The van der Waals surface area contributed by atoms with E-state index in [1.807, 2.05) is 37.3 Å². The fourth-order valence-electron chi connectivity index (χ4n) is 3.00. The standard InChI is InChI=1S/C16H15N3O3S/c1-10-9-13(17-12-6-3-2-5-11(10)12)15-18-16(22-19-15)14-7-4-8-23(14,20)21/h2-3,5-6,9,14H,4,7-8H2,1H3. The van der Waals surface area contributed by atoms with Crippen molar-refractivity contribution < 1.29 is 12.9 Å². The van der Waals surface area contributed by atoms with E-state index >= 15 is 0 Å². The molecule has 3 aromatic rings. The second-order valence-electron chi connectivity index (χ2n) is 5.80. The van der Waals surface area contributed by atoms with E-state index in [2.05, 4.69) is 15.1 Å². The zero-order chi connectivity index (χ0) is 16.0. The maximum atomic E-state index is 12.0. The lowest BCUT2D eigenvalue weighted by Crippen LogP contribution is -2.08. The highest BCUT2D eigenvalue weighted by Gasteiger charge is 2.37. The number of sulfone groups is 1. The summed E-state index contributed by atoms with van der Waals surface area (Å²) in [5, 5.41) is 4.32. The van der Waals surface area contributed by atoms with Crippen LogP contribution in [0.3, 0.4) is 0 Å². The van der Waals surface area contributed by atoms with Crippen LogP contribution in [-0.4, -0.2) is 29.3 Å². The second-order valence-corrected chi connectivity index (χ2v) is 8.10. The molecule has 1 unspecified atom stereocenters. The first-order valence-electron chi connectivity index (χ1n) is 7.46. The lowest BCUT2D eigenvalue weighted by molar-refractivity contribution is 0.372. The first-order chi connectivity index (χ1) is 11.0. The molecule has 0 aliphatic carbocycles. The number of hydrogen-bond acceptors (Lipinski definition) is 6. The third-order valence-electron chi connectivity index (χ3n) is 4.20. The van der Waals surface area contributed by atoms with Crippen LogP contribution in [0.4, 0.5) is 0 Å². The van der Waals surface area contributed by atoms with Gasteiger partial charge in [0.15, 0.2) is 9.84 Å². The Balaban J connectivity index is 1.78. The number of benzene rings is 1. The molecule has 6 nitrogen and oxygen atoms in total. The van der Waals surface area contributed by atoms with Gasteiger partial charge in [0.05, 0.1) is 11.3 Å². The van der Waals surface area contributed by atoms with Crippen LogP contribution < -0.4 is 0 Å². The summed E-state index contributed by atoms with van der Waals surface area (Å²) in [5.41, 5.74) is 2.50. The van der Waals surface area contributed by atoms with E-state index in [-0.39, 0.29) is 11.6 Å². The van der Waals surface area contributed by atoms with Crippen molar-refractivity contribution >= 4 is 20.7 Å². The Morgan fingerprint density at radius 3 is 2.83 bits per heavy atom. The number of pyridine rings is 1. The van der Waals surface area contributed by atoms with Crippen molar-refractivity contribution in [3.63, 3.8) is 0 Å². The Hall–Kier alpha value is -2.28. The molecule has 0 amide bonds. The highest BCUT2D eigenvalue weighted by atomic mass is 32.2. The summed E-state index contributed by atoms with van der Waals surface area (Å²) in [7, 11) is -3.17. The third-order valence-corrected chi connectivity index (χ3v) is 6.36. The number of hydrogen-bond donors (Lipinski definition) is 0. The zero-order valence-corrected chi connectivity index (χ0v) is 13.4. The number of para-hydroxylation sites is 1. The summed E-state index contributed by atoms with van der Waals surface area (Å²) in [4.78, 5) is 8.83. The van der Waals surface area contributed by atoms with Crippen LogP contribution in [0.15, 0.2) is 34.9 Å². The molecule has 0 spiro atoms. The maximum absolute atomic E-state index is 12.0. The normalized spacial score (nSPS) is 20.1. The van der Waals surface area contributed by atoms with Gasteiger partial charge in [-0.1, -0.05) is 23.4 Å². The van der Waals surface area contributed by atoms with Gasteiger partial charge >= 0.3 is 0 Å². The van der Waals surface area contributed by atoms with E-state index in [1.54, 1.807) is 0 Å². The molecule has 1 fully saturated rings. The molecular formula is C16H15N3O3S. The Morgan fingerprint density at radius 1 is 1.22 bits per heavy atom. The second kappa shape index (κ2) is 5.13. The van der Waals surface area contributed by atoms with E-state index in [1.165, 1.54) is 0 Å². The zero-order valence-electron chi connectivity index (χ0n) is 12.6. The molecule has 1 saturated heterocycles. The topological polar surface area (TPSA) is 86.0 Å². The van der Waals surface area contributed by atoms with Gasteiger partial charge in [-0.2, -0.15) is 4.98 Å². The van der Waals surface area contributed by atoms with Gasteiger partial charge in [-0.25, -0.2) is 13.4 Å². The van der Waals surface area contributed by atoms with Gasteiger partial charge in [0.2, 0.25) is 11.7 Å². The van der Waals surface area contributed by atoms with Crippen LogP contribution >= 0.6 is 0 Å². The molecule has 118 valence electrons. The predicted octanol–water partition coefficient (Wildman–Crippen LogP) is 2.84. The van der Waals surface area contributed by atoms with Crippen molar-refractivity contribution in [2.75, 3.05) is 5.75 Å². The smallest absolute Gasteiger partial charge is 0.245 e. The Kier molecular flexibility index (Phi) is 3.19. The minimum absolute atomic E-state index is 0.171. The minimum atomic E-state index is -3.17. The SMILES string of the molecule is Cc1cc(-c2noc(C3CCCS3(=O)=O)n2)nc2ccccc12. The van der Waals surface area contributed by atoms with Gasteiger partial charge in [0.25, 0.3) is 0 Å². The average molecular weight is 329 g/mol. The molecule has 0 saturated carbocycles. The van der Waals surface area contributed by atoms with Gasteiger partial charge in [0.1, 0.15) is 10.9 Å². The van der Waals surface area contributed by atoms with Crippen molar-refractivity contribution in [1.29, 1.82) is 0 Å². The fourth-order valence-corrected chi connectivity index (χ4v) is 4.79. The highest BCUT2D eigenvalue weighted by molar-refractivity contribution is 7.91. The van der Waals surface area contributed by atoms with Gasteiger partial charge < -0.3 is 4.52 Å². The first-order valence-corrected chi connectivity index (χ1v) is 9.18.